The molecule has 2 aliphatic heterocycles. The fourth-order valence-corrected chi connectivity index (χ4v) is 4.31. The molecule has 9 heteroatoms. The third kappa shape index (κ3) is 5.31. The molecular formula is C23H34O9. The predicted octanol–water partition coefficient (Wildman–Crippen LogP) is 2.99. The molecule has 1 spiro atoms. The largest absolute Gasteiger partial charge is 0.469 e. The zero-order valence-electron chi connectivity index (χ0n) is 19.4. The molecule has 2 rings (SSSR count). The minimum absolute atomic E-state index is 0.276. The summed E-state index contributed by atoms with van der Waals surface area (Å²) in [6.45, 7) is 2.17. The maximum absolute atomic E-state index is 13.2. The van der Waals surface area contributed by atoms with Gasteiger partial charge in [0.05, 0.1) is 34.0 Å². The van der Waals surface area contributed by atoms with Gasteiger partial charge in [0.25, 0.3) is 5.79 Å². The first kappa shape index (κ1) is 25.8. The van der Waals surface area contributed by atoms with Crippen LogP contribution in [0.4, 0.5) is 0 Å². The van der Waals surface area contributed by atoms with Gasteiger partial charge in [0, 0.05) is 12.0 Å². The molecule has 0 amide bonds. The number of esters is 3. The topological polar surface area (TPSA) is 114 Å². The number of methoxy groups -OCH3 is 3. The number of Topliss-reactive ketones (excluding diaryl/α,β-unsaturated/α-hetero) is 1. The molecule has 0 aromatic rings. The Morgan fingerprint density at radius 3 is 2.25 bits per heavy atom. The molecule has 1 saturated heterocycles. The molecule has 9 nitrogen and oxygen atoms in total. The van der Waals surface area contributed by atoms with E-state index >= 15 is 0 Å². The number of ether oxygens (including phenoxy) is 5. The van der Waals surface area contributed by atoms with Gasteiger partial charge in [-0.3, -0.25) is 14.4 Å². The van der Waals surface area contributed by atoms with Crippen LogP contribution in [0.5, 0.6) is 0 Å². The minimum Gasteiger partial charge on any atom is -0.469 e. The molecule has 0 aliphatic carbocycles. The Morgan fingerprint density at radius 2 is 1.66 bits per heavy atom. The lowest BCUT2D eigenvalue weighted by Gasteiger charge is -2.30. The summed E-state index contributed by atoms with van der Waals surface area (Å²) in [6, 6.07) is 0. The standard InChI is InChI=1S/C23H34O9/c1-5-6-7-8-9-10-11-12-16-15-31-23(19(16)25)13-17(20(26)29-3)22(32-23,21(27)30-4)14-18(24)28-2/h15,17H,5-14H2,1-4H3. The van der Waals surface area contributed by atoms with Crippen molar-refractivity contribution in [2.45, 2.75) is 82.5 Å². The Kier molecular flexibility index (Phi) is 9.24. The van der Waals surface area contributed by atoms with Crippen LogP contribution in [-0.2, 0) is 42.9 Å². The Hall–Kier alpha value is -2.42. The third-order valence-corrected chi connectivity index (χ3v) is 6.11. The smallest absolute Gasteiger partial charge is 0.339 e. The lowest BCUT2D eigenvalue weighted by Crippen LogP contribution is -2.51. The van der Waals surface area contributed by atoms with Gasteiger partial charge >= 0.3 is 17.9 Å². The molecule has 3 atom stereocenters. The SMILES string of the molecule is CCCCCCCCCC1=COC2(CC(C(=O)OC)C(CC(=O)OC)(C(=O)OC)O2)C1=O. The van der Waals surface area contributed by atoms with E-state index in [0.717, 1.165) is 40.6 Å². The first-order valence-electron chi connectivity index (χ1n) is 11.1. The van der Waals surface area contributed by atoms with Crippen molar-refractivity contribution in [2.75, 3.05) is 21.3 Å². The molecule has 0 bridgehead atoms. The molecule has 2 aliphatic rings. The second-order valence-corrected chi connectivity index (χ2v) is 8.23. The average molecular weight is 455 g/mol. The van der Waals surface area contributed by atoms with Crippen LogP contribution < -0.4 is 0 Å². The average Bonchev–Trinajstić information content (AvgIpc) is 3.29. The van der Waals surface area contributed by atoms with Crippen molar-refractivity contribution < 1.29 is 42.9 Å². The number of rotatable bonds is 12. The van der Waals surface area contributed by atoms with Crippen LogP contribution in [0.25, 0.3) is 0 Å². The normalized spacial score (nSPS) is 26.6. The molecule has 2 heterocycles. The van der Waals surface area contributed by atoms with E-state index in [4.69, 9.17) is 18.9 Å². The molecular weight excluding hydrogens is 420 g/mol. The second-order valence-electron chi connectivity index (χ2n) is 8.23. The number of hydrogen-bond acceptors (Lipinski definition) is 9. The Labute approximate surface area is 188 Å². The van der Waals surface area contributed by atoms with Crippen molar-refractivity contribution in [3.05, 3.63) is 11.8 Å². The van der Waals surface area contributed by atoms with E-state index in [-0.39, 0.29) is 6.42 Å². The maximum Gasteiger partial charge on any atom is 0.339 e. The summed E-state index contributed by atoms with van der Waals surface area (Å²) in [7, 11) is 3.39. The van der Waals surface area contributed by atoms with Crippen LogP contribution in [0.2, 0.25) is 0 Å². The molecule has 1 fully saturated rings. The minimum atomic E-state index is -2.09. The summed E-state index contributed by atoms with van der Waals surface area (Å²) in [5.41, 5.74) is -1.66. The number of carbonyl (C=O) groups excluding carboxylic acids is 4. The fourth-order valence-electron chi connectivity index (χ4n) is 4.31. The molecule has 3 unspecified atom stereocenters. The summed E-state index contributed by atoms with van der Waals surface area (Å²) in [6.07, 6.45) is 8.63. The van der Waals surface area contributed by atoms with E-state index in [1.165, 1.54) is 31.9 Å². The van der Waals surface area contributed by atoms with E-state index in [9.17, 15) is 19.2 Å². The van der Waals surface area contributed by atoms with E-state index in [0.29, 0.717) is 12.0 Å². The summed E-state index contributed by atoms with van der Waals surface area (Å²) < 4.78 is 25.8. The number of hydrogen-bond donors (Lipinski definition) is 0. The summed E-state index contributed by atoms with van der Waals surface area (Å²) in [5, 5.41) is 0. The van der Waals surface area contributed by atoms with Gasteiger partial charge in [-0.25, -0.2) is 4.79 Å². The predicted molar refractivity (Wildman–Crippen MR) is 112 cm³/mol. The molecule has 0 N–H and O–H groups in total. The third-order valence-electron chi connectivity index (χ3n) is 6.11. The van der Waals surface area contributed by atoms with Crippen molar-refractivity contribution in [3.8, 4) is 0 Å². The Balaban J connectivity index is 2.14. The Morgan fingerprint density at radius 1 is 1.00 bits per heavy atom. The highest BCUT2D eigenvalue weighted by molar-refractivity contribution is 6.04. The lowest BCUT2D eigenvalue weighted by molar-refractivity contribution is -0.225. The van der Waals surface area contributed by atoms with Crippen molar-refractivity contribution in [1.82, 2.24) is 0 Å². The molecule has 0 aromatic heterocycles. The van der Waals surface area contributed by atoms with Crippen molar-refractivity contribution in [1.29, 1.82) is 0 Å². The summed E-state index contributed by atoms with van der Waals surface area (Å²) in [5.74, 6) is -6.21. The van der Waals surface area contributed by atoms with Gasteiger partial charge in [-0.2, -0.15) is 0 Å². The Bertz CT molecular complexity index is 744. The van der Waals surface area contributed by atoms with E-state index < -0.39 is 47.4 Å². The quantitative estimate of drug-likeness (QED) is 0.249. The van der Waals surface area contributed by atoms with Crippen molar-refractivity contribution in [2.24, 2.45) is 5.92 Å². The van der Waals surface area contributed by atoms with E-state index in [2.05, 4.69) is 11.7 Å². The highest BCUT2D eigenvalue weighted by Gasteiger charge is 2.69. The fraction of sp³-hybridized carbons (Fsp3) is 0.739. The molecule has 180 valence electrons. The zero-order chi connectivity index (χ0) is 23.8. The number of ketones is 1. The molecule has 32 heavy (non-hydrogen) atoms. The summed E-state index contributed by atoms with van der Waals surface area (Å²) in [4.78, 5) is 50.5. The van der Waals surface area contributed by atoms with Gasteiger partial charge in [0.15, 0.2) is 5.60 Å². The molecule has 0 radical (unpaired) electrons. The molecule has 0 aromatic carbocycles. The summed E-state index contributed by atoms with van der Waals surface area (Å²) >= 11 is 0. The first-order chi connectivity index (χ1) is 15.3. The molecule has 0 saturated carbocycles. The van der Waals surface area contributed by atoms with Crippen LogP contribution in [0, 0.1) is 5.92 Å². The number of unbranched alkanes of at least 4 members (excludes halogenated alkanes) is 6. The monoisotopic (exact) mass is 454 g/mol. The van der Waals surface area contributed by atoms with Gasteiger partial charge in [-0.15, -0.1) is 0 Å². The van der Waals surface area contributed by atoms with E-state index in [1.54, 1.807) is 0 Å². The maximum atomic E-state index is 13.2. The van der Waals surface area contributed by atoms with E-state index in [1.807, 2.05) is 0 Å². The van der Waals surface area contributed by atoms with Gasteiger partial charge in [-0.05, 0) is 12.8 Å². The second kappa shape index (κ2) is 11.4. The van der Waals surface area contributed by atoms with Gasteiger partial charge in [-0.1, -0.05) is 45.4 Å². The van der Waals surface area contributed by atoms with Crippen LogP contribution in [-0.4, -0.2) is 56.4 Å². The lowest BCUT2D eigenvalue weighted by atomic mass is 9.82. The van der Waals surface area contributed by atoms with Gasteiger partial charge in [0.2, 0.25) is 5.78 Å². The highest BCUT2D eigenvalue weighted by Crippen LogP contribution is 2.50. The van der Waals surface area contributed by atoms with Crippen LogP contribution >= 0.6 is 0 Å². The number of carbonyl (C=O) groups is 4. The zero-order valence-corrected chi connectivity index (χ0v) is 19.4. The highest BCUT2D eigenvalue weighted by atomic mass is 16.7. The van der Waals surface area contributed by atoms with Crippen molar-refractivity contribution >= 4 is 23.7 Å². The van der Waals surface area contributed by atoms with Crippen LogP contribution in [0.1, 0.15) is 71.1 Å². The van der Waals surface area contributed by atoms with Gasteiger partial charge < -0.3 is 23.7 Å². The van der Waals surface area contributed by atoms with Gasteiger partial charge in [0.1, 0.15) is 5.92 Å². The first-order valence-corrected chi connectivity index (χ1v) is 11.1. The van der Waals surface area contributed by atoms with Crippen molar-refractivity contribution in [3.63, 3.8) is 0 Å². The van der Waals surface area contributed by atoms with Crippen LogP contribution in [0.15, 0.2) is 11.8 Å². The van der Waals surface area contributed by atoms with Crippen LogP contribution in [0.3, 0.4) is 0 Å².